The van der Waals surface area contributed by atoms with Gasteiger partial charge in [-0.25, -0.2) is 9.78 Å². The first-order chi connectivity index (χ1) is 19.7. The van der Waals surface area contributed by atoms with Crippen molar-refractivity contribution in [3.63, 3.8) is 0 Å². The Hall–Kier alpha value is -4.15. The summed E-state index contributed by atoms with van der Waals surface area (Å²) in [7, 11) is 0. The molecule has 1 atom stereocenters. The zero-order valence-corrected chi connectivity index (χ0v) is 24.1. The van der Waals surface area contributed by atoms with Gasteiger partial charge in [-0.3, -0.25) is 19.9 Å². The summed E-state index contributed by atoms with van der Waals surface area (Å²) >= 11 is 0. The molecule has 4 N–H and O–H groups in total. The zero-order chi connectivity index (χ0) is 29.4. The Morgan fingerprint density at radius 2 is 1.90 bits per heavy atom. The molecule has 2 aromatic rings. The highest BCUT2D eigenvalue weighted by atomic mass is 16.4. The maximum atomic E-state index is 13.2. The number of urea groups is 1. The van der Waals surface area contributed by atoms with Gasteiger partial charge in [-0.15, -0.1) is 0 Å². The number of pyridine rings is 1. The summed E-state index contributed by atoms with van der Waals surface area (Å²) in [5.41, 5.74) is 3.57. The molecule has 11 heteroatoms. The number of aryl methyl sites for hydroxylation is 1. The molecule has 0 bridgehead atoms. The Morgan fingerprint density at radius 1 is 1.12 bits per heavy atom. The average molecular weight is 564 g/mol. The van der Waals surface area contributed by atoms with Crippen LogP contribution in [-0.4, -0.2) is 63.6 Å². The SMILES string of the molecule is Cc1cccnc1NC(=O)Nc1ccc(CC(=O)NC(CC(C)C)N2C=NN(CCC(=O)O)C2)cc1C1CCCC1. The van der Waals surface area contributed by atoms with Crippen molar-refractivity contribution >= 4 is 35.8 Å². The number of nitrogens with one attached hydrogen (secondary N) is 3. The topological polar surface area (TPSA) is 139 Å². The molecule has 1 aromatic heterocycles. The highest BCUT2D eigenvalue weighted by Crippen LogP contribution is 2.38. The number of carboxylic acids is 1. The molecule has 1 aliphatic heterocycles. The number of anilines is 2. The van der Waals surface area contributed by atoms with Crippen LogP contribution in [0.4, 0.5) is 16.3 Å². The summed E-state index contributed by atoms with van der Waals surface area (Å²) in [6, 6.07) is 9.20. The number of carbonyl (C=O) groups is 3. The van der Waals surface area contributed by atoms with E-state index in [4.69, 9.17) is 5.11 Å². The van der Waals surface area contributed by atoms with E-state index >= 15 is 0 Å². The largest absolute Gasteiger partial charge is 0.481 e. The number of nitrogens with zero attached hydrogens (tertiary/aromatic N) is 4. The second kappa shape index (κ2) is 14.0. The van der Waals surface area contributed by atoms with E-state index in [1.54, 1.807) is 17.5 Å². The number of aromatic nitrogens is 1. The smallest absolute Gasteiger partial charge is 0.324 e. The maximum absolute atomic E-state index is 13.2. The molecule has 11 nitrogen and oxygen atoms in total. The van der Waals surface area contributed by atoms with Crippen LogP contribution in [0.15, 0.2) is 41.6 Å². The molecule has 41 heavy (non-hydrogen) atoms. The van der Waals surface area contributed by atoms with Crippen LogP contribution in [0.2, 0.25) is 0 Å². The Balaban J connectivity index is 1.42. The summed E-state index contributed by atoms with van der Waals surface area (Å²) in [6.45, 7) is 6.83. The summed E-state index contributed by atoms with van der Waals surface area (Å²) in [5.74, 6) is 0.213. The molecule has 1 aromatic carbocycles. The van der Waals surface area contributed by atoms with Crippen LogP contribution in [0.1, 0.15) is 75.0 Å². The molecule has 1 fully saturated rings. The van der Waals surface area contributed by atoms with Gasteiger partial charge >= 0.3 is 12.0 Å². The van der Waals surface area contributed by atoms with Crippen LogP contribution in [-0.2, 0) is 16.0 Å². The van der Waals surface area contributed by atoms with Crippen molar-refractivity contribution in [3.8, 4) is 0 Å². The zero-order valence-electron chi connectivity index (χ0n) is 24.1. The van der Waals surface area contributed by atoms with Crippen molar-refractivity contribution in [1.82, 2.24) is 20.2 Å². The van der Waals surface area contributed by atoms with Crippen LogP contribution in [0, 0.1) is 12.8 Å². The lowest BCUT2D eigenvalue weighted by Crippen LogP contribution is -2.49. The first kappa shape index (κ1) is 29.8. The van der Waals surface area contributed by atoms with Gasteiger partial charge in [-0.1, -0.05) is 44.9 Å². The van der Waals surface area contributed by atoms with Crippen LogP contribution in [0.25, 0.3) is 0 Å². The van der Waals surface area contributed by atoms with E-state index in [9.17, 15) is 14.4 Å². The standard InChI is InChI=1S/C30H41N7O4/c1-20(2)15-26(36-18-32-37(19-36)14-12-28(39)40)34-27(38)17-22-10-11-25(24(16-22)23-8-4-5-9-23)33-30(41)35-29-21(3)7-6-13-31-29/h6-7,10-11,13,16,18,20,23,26H,4-5,8-9,12,14-15,17,19H2,1-3H3,(H,34,38)(H,39,40)(H2,31,33,35,41). The molecular formula is C30H41N7O4. The minimum atomic E-state index is -0.868. The molecule has 1 aliphatic carbocycles. The van der Waals surface area contributed by atoms with E-state index in [2.05, 4.69) is 45.9 Å². The van der Waals surface area contributed by atoms with Crippen molar-refractivity contribution in [2.45, 2.75) is 77.8 Å². The van der Waals surface area contributed by atoms with Gasteiger partial charge < -0.3 is 20.6 Å². The molecule has 0 spiro atoms. The van der Waals surface area contributed by atoms with Crippen molar-refractivity contribution in [2.75, 3.05) is 23.8 Å². The fourth-order valence-electron chi connectivity index (χ4n) is 5.37. The number of carbonyl (C=O) groups excluding carboxylic acids is 2. The fraction of sp³-hybridized carbons (Fsp3) is 0.500. The molecule has 2 aliphatic rings. The number of amides is 3. The third-order valence-electron chi connectivity index (χ3n) is 7.46. The lowest BCUT2D eigenvalue weighted by molar-refractivity contribution is -0.137. The van der Waals surface area contributed by atoms with Crippen molar-refractivity contribution < 1.29 is 19.5 Å². The first-order valence-corrected chi connectivity index (χ1v) is 14.4. The van der Waals surface area contributed by atoms with Crippen LogP contribution in [0.3, 0.4) is 0 Å². The predicted octanol–water partition coefficient (Wildman–Crippen LogP) is 4.72. The molecule has 0 radical (unpaired) electrons. The summed E-state index contributed by atoms with van der Waals surface area (Å²) in [5, 5.41) is 24.0. The van der Waals surface area contributed by atoms with E-state index in [1.807, 2.05) is 36.1 Å². The molecule has 220 valence electrons. The minimum Gasteiger partial charge on any atom is -0.481 e. The third-order valence-corrected chi connectivity index (χ3v) is 7.46. The van der Waals surface area contributed by atoms with E-state index in [-0.39, 0.29) is 30.9 Å². The van der Waals surface area contributed by atoms with Gasteiger partial charge in [0.05, 0.1) is 12.8 Å². The number of carboxylic acid groups (broad SMARTS) is 1. The van der Waals surface area contributed by atoms with E-state index in [1.165, 1.54) is 0 Å². The Labute approximate surface area is 241 Å². The maximum Gasteiger partial charge on any atom is 0.324 e. The average Bonchev–Trinajstić information content (AvgIpc) is 3.62. The second-order valence-electron chi connectivity index (χ2n) is 11.3. The van der Waals surface area contributed by atoms with Crippen LogP contribution in [0.5, 0.6) is 0 Å². The van der Waals surface area contributed by atoms with Gasteiger partial charge in [0.25, 0.3) is 0 Å². The molecule has 1 unspecified atom stereocenters. The van der Waals surface area contributed by atoms with Crippen molar-refractivity contribution in [2.24, 2.45) is 11.0 Å². The number of rotatable bonds is 12. The predicted molar refractivity (Wildman–Crippen MR) is 159 cm³/mol. The number of benzene rings is 1. The van der Waals surface area contributed by atoms with Gasteiger partial charge in [-0.05, 0) is 66.8 Å². The molecule has 0 saturated heterocycles. The normalized spacial score (nSPS) is 15.8. The number of hydrazone groups is 1. The summed E-state index contributed by atoms with van der Waals surface area (Å²) in [4.78, 5) is 43.2. The number of hydrogen-bond acceptors (Lipinski definition) is 7. The Morgan fingerprint density at radius 3 is 2.61 bits per heavy atom. The van der Waals surface area contributed by atoms with Gasteiger partial charge in [0.1, 0.15) is 25.0 Å². The highest BCUT2D eigenvalue weighted by molar-refractivity contribution is 6.00. The van der Waals surface area contributed by atoms with Crippen molar-refractivity contribution in [1.29, 1.82) is 0 Å². The molecule has 4 rings (SSSR count). The minimum absolute atomic E-state index is 0.00497. The highest BCUT2D eigenvalue weighted by Gasteiger charge is 2.26. The van der Waals surface area contributed by atoms with Gasteiger partial charge in [0.15, 0.2) is 0 Å². The molecule has 3 amide bonds. The van der Waals surface area contributed by atoms with Crippen LogP contribution >= 0.6 is 0 Å². The quantitative estimate of drug-likeness (QED) is 0.293. The molecule has 1 saturated carbocycles. The van der Waals surface area contributed by atoms with Crippen LogP contribution < -0.4 is 16.0 Å². The Kier molecular flexibility index (Phi) is 10.2. The summed E-state index contributed by atoms with van der Waals surface area (Å²) < 4.78 is 0. The van der Waals surface area contributed by atoms with Gasteiger partial charge in [-0.2, -0.15) is 5.10 Å². The number of hydrogen-bond donors (Lipinski definition) is 4. The third kappa shape index (κ3) is 8.67. The summed E-state index contributed by atoms with van der Waals surface area (Å²) in [6.07, 6.45) is 8.39. The van der Waals surface area contributed by atoms with Gasteiger partial charge in [0, 0.05) is 18.4 Å². The molecular weight excluding hydrogens is 522 g/mol. The fourth-order valence-corrected chi connectivity index (χ4v) is 5.37. The van der Waals surface area contributed by atoms with Gasteiger partial charge in [0.2, 0.25) is 5.91 Å². The second-order valence-corrected chi connectivity index (χ2v) is 11.3. The lowest BCUT2D eigenvalue weighted by Gasteiger charge is -2.30. The lowest BCUT2D eigenvalue weighted by atomic mass is 9.93. The van der Waals surface area contributed by atoms with Crippen molar-refractivity contribution in [3.05, 3.63) is 53.2 Å². The Bertz CT molecular complexity index is 1260. The van der Waals surface area contributed by atoms with E-state index < -0.39 is 5.97 Å². The van der Waals surface area contributed by atoms with E-state index in [0.29, 0.717) is 30.9 Å². The van der Waals surface area contributed by atoms with E-state index in [0.717, 1.165) is 54.5 Å². The molecule has 2 heterocycles. The number of aliphatic carboxylic acids is 1. The first-order valence-electron chi connectivity index (χ1n) is 14.4. The monoisotopic (exact) mass is 563 g/mol.